The minimum Gasteiger partial charge on any atom is -0.410 e. The summed E-state index contributed by atoms with van der Waals surface area (Å²) in [6.07, 6.45) is 3.45. The number of alkyl halides is 1. The first-order valence-electron chi connectivity index (χ1n) is 11.4. The molecule has 3 N–H and O–H groups in total. The van der Waals surface area contributed by atoms with Crippen molar-refractivity contribution in [3.63, 3.8) is 0 Å². The van der Waals surface area contributed by atoms with Crippen molar-refractivity contribution in [2.24, 2.45) is 33.7 Å². The lowest BCUT2D eigenvalue weighted by atomic mass is 9.46. The number of oxime groups is 1. The third kappa shape index (κ3) is 2.55. The first kappa shape index (κ1) is 22.2. The third-order valence-electron chi connectivity index (χ3n) is 9.15. The molecule has 1 aliphatic heterocycles. The van der Waals surface area contributed by atoms with Gasteiger partial charge in [-0.2, -0.15) is 0 Å². The third-order valence-corrected chi connectivity index (χ3v) is 9.15. The summed E-state index contributed by atoms with van der Waals surface area (Å²) in [4.78, 5) is 13.2. The fourth-order valence-electron chi connectivity index (χ4n) is 8.12. The number of Topliss-reactive ketones (excluding diaryl/α,β-unsaturated/α-hetero) is 1. The quantitative estimate of drug-likeness (QED) is 0.442. The van der Waals surface area contributed by atoms with Gasteiger partial charge in [0.25, 0.3) is 0 Å². The van der Waals surface area contributed by atoms with E-state index in [9.17, 15) is 20.2 Å². The molecule has 0 radical (unpaired) electrons. The number of ketones is 1. The van der Waals surface area contributed by atoms with Crippen LogP contribution in [0.1, 0.15) is 47.0 Å². The number of allylic oxidation sites excluding steroid dienone is 4. The maximum absolute atomic E-state index is 15.6. The van der Waals surface area contributed by atoms with Crippen molar-refractivity contribution in [1.82, 2.24) is 0 Å². The molecule has 7 nitrogen and oxygen atoms in total. The molecule has 5 aliphatic rings. The molecule has 0 bridgehead atoms. The molecule has 0 amide bonds. The highest BCUT2D eigenvalue weighted by atomic mass is 19.1. The summed E-state index contributed by atoms with van der Waals surface area (Å²) < 4.78 is 28.1. The van der Waals surface area contributed by atoms with Gasteiger partial charge >= 0.3 is 0 Å². The van der Waals surface area contributed by atoms with Crippen molar-refractivity contribution >= 4 is 11.5 Å². The van der Waals surface area contributed by atoms with Gasteiger partial charge in [-0.1, -0.05) is 25.1 Å². The minimum absolute atomic E-state index is 0.120. The summed E-state index contributed by atoms with van der Waals surface area (Å²) in [5.74, 6) is -2.02. The maximum Gasteiger partial charge on any atom is 0.193 e. The van der Waals surface area contributed by atoms with Gasteiger partial charge in [-0.25, -0.2) is 4.39 Å². The molecule has 0 aromatic carbocycles. The van der Waals surface area contributed by atoms with Gasteiger partial charge in [-0.15, -0.1) is 0 Å². The minimum atomic E-state index is -1.37. The molecule has 5 rings (SSSR count). The zero-order valence-electron chi connectivity index (χ0n) is 18.9. The molecule has 0 unspecified atom stereocenters. The van der Waals surface area contributed by atoms with Crippen LogP contribution in [-0.2, 0) is 14.3 Å². The average Bonchev–Trinajstić information content (AvgIpc) is 3.13. The van der Waals surface area contributed by atoms with E-state index in [4.69, 9.17) is 9.47 Å². The van der Waals surface area contributed by atoms with Crippen LogP contribution in [0.3, 0.4) is 0 Å². The number of ether oxygens (including phenoxy) is 2. The van der Waals surface area contributed by atoms with Gasteiger partial charge in [0.15, 0.2) is 17.2 Å². The van der Waals surface area contributed by atoms with Crippen LogP contribution in [0.2, 0.25) is 0 Å². The summed E-state index contributed by atoms with van der Waals surface area (Å²) in [6, 6.07) is 0. The van der Waals surface area contributed by atoms with E-state index in [0.29, 0.717) is 17.7 Å². The Hall–Kier alpha value is -1.61. The Morgan fingerprint density at radius 3 is 2.66 bits per heavy atom. The van der Waals surface area contributed by atoms with Crippen molar-refractivity contribution in [3.8, 4) is 0 Å². The predicted molar refractivity (Wildman–Crippen MR) is 113 cm³/mol. The molecule has 0 spiro atoms. The second-order valence-electron chi connectivity index (χ2n) is 11.1. The lowest BCUT2D eigenvalue weighted by molar-refractivity contribution is -0.226. The molecule has 8 heteroatoms. The fraction of sp³-hybridized carbons (Fsp3) is 0.750. The number of carbonyl (C=O) groups excluding carboxylic acids is 1. The molecule has 4 fully saturated rings. The van der Waals surface area contributed by atoms with E-state index in [1.807, 2.05) is 19.9 Å². The summed E-state index contributed by atoms with van der Waals surface area (Å²) in [7, 11) is 0. The van der Waals surface area contributed by atoms with Crippen LogP contribution in [0.15, 0.2) is 29.0 Å². The molecule has 1 heterocycles. The molecule has 0 aromatic rings. The van der Waals surface area contributed by atoms with Crippen LogP contribution in [0.5, 0.6) is 0 Å². The van der Waals surface area contributed by atoms with Crippen molar-refractivity contribution in [2.45, 2.75) is 76.7 Å². The van der Waals surface area contributed by atoms with Crippen molar-refractivity contribution in [1.29, 1.82) is 0 Å². The van der Waals surface area contributed by atoms with Gasteiger partial charge in [0, 0.05) is 16.7 Å². The lowest BCUT2D eigenvalue weighted by Crippen LogP contribution is -2.64. The highest BCUT2D eigenvalue weighted by Gasteiger charge is 2.77. The van der Waals surface area contributed by atoms with Crippen LogP contribution in [0, 0.1) is 28.6 Å². The monoisotopic (exact) mass is 449 g/mol. The molecule has 0 aromatic heterocycles. The average molecular weight is 450 g/mol. The fourth-order valence-corrected chi connectivity index (χ4v) is 8.12. The van der Waals surface area contributed by atoms with Crippen LogP contribution in [0.4, 0.5) is 4.39 Å². The molecular formula is C24H32FNO6. The summed E-state index contributed by atoms with van der Waals surface area (Å²) >= 11 is 0. The van der Waals surface area contributed by atoms with Crippen LogP contribution >= 0.6 is 0 Å². The first-order valence-corrected chi connectivity index (χ1v) is 11.4. The Labute approximate surface area is 187 Å². The highest BCUT2D eigenvalue weighted by molar-refractivity contribution is 6.05. The van der Waals surface area contributed by atoms with Gasteiger partial charge in [0.2, 0.25) is 0 Å². The number of nitrogens with zero attached hydrogens (tertiary/aromatic N) is 1. The molecule has 9 atom stereocenters. The summed E-state index contributed by atoms with van der Waals surface area (Å²) in [5, 5.41) is 33.7. The molecule has 32 heavy (non-hydrogen) atoms. The number of rotatable bonds is 2. The van der Waals surface area contributed by atoms with Gasteiger partial charge in [0.1, 0.15) is 18.5 Å². The Bertz CT molecular complexity index is 945. The van der Waals surface area contributed by atoms with Crippen molar-refractivity contribution in [2.75, 3.05) is 6.61 Å². The number of aliphatic hydroxyl groups is 2. The van der Waals surface area contributed by atoms with E-state index in [1.165, 1.54) is 0 Å². The number of fused-ring (bicyclic) bond motifs is 7. The number of carbonyl (C=O) groups is 1. The van der Waals surface area contributed by atoms with E-state index < -0.39 is 53.0 Å². The molecule has 176 valence electrons. The topological polar surface area (TPSA) is 109 Å². The molecular weight excluding hydrogens is 417 g/mol. The van der Waals surface area contributed by atoms with E-state index in [1.54, 1.807) is 26.0 Å². The van der Waals surface area contributed by atoms with Crippen LogP contribution in [0.25, 0.3) is 0 Å². The van der Waals surface area contributed by atoms with Crippen LogP contribution < -0.4 is 0 Å². The Morgan fingerprint density at radius 1 is 1.28 bits per heavy atom. The molecule has 3 saturated carbocycles. The van der Waals surface area contributed by atoms with Gasteiger partial charge in [0.05, 0.1) is 12.2 Å². The largest absolute Gasteiger partial charge is 0.410 e. The zero-order chi connectivity index (χ0) is 23.3. The maximum atomic E-state index is 15.6. The van der Waals surface area contributed by atoms with Gasteiger partial charge < -0.3 is 24.9 Å². The van der Waals surface area contributed by atoms with Crippen molar-refractivity contribution in [3.05, 3.63) is 23.8 Å². The van der Waals surface area contributed by atoms with Crippen LogP contribution in [-0.4, -0.2) is 63.3 Å². The number of aliphatic hydroxyl groups excluding tert-OH is 2. The number of halogens is 1. The smallest absolute Gasteiger partial charge is 0.193 e. The molecule has 1 saturated heterocycles. The number of hydrogen-bond acceptors (Lipinski definition) is 7. The summed E-state index contributed by atoms with van der Waals surface area (Å²) in [6.45, 7) is 6.69. The first-order chi connectivity index (χ1) is 14.9. The van der Waals surface area contributed by atoms with E-state index >= 15 is 4.39 Å². The van der Waals surface area contributed by atoms with E-state index in [0.717, 1.165) is 0 Å². The summed E-state index contributed by atoms with van der Waals surface area (Å²) in [5.41, 5.74) is -2.10. The lowest BCUT2D eigenvalue weighted by Gasteiger charge is -2.60. The normalized spacial score (nSPS) is 52.1. The molecule has 4 aliphatic carbocycles. The zero-order valence-corrected chi connectivity index (χ0v) is 18.9. The Morgan fingerprint density at radius 2 is 2.00 bits per heavy atom. The SMILES string of the molecule is CC1(C)O[C@@H]2C[C@H]3[C@@H]4C[C@H](F)C5=C/C(=N/O)C=C[C@]5(C)[C@H]4[C@@H](O)C[C@]3(C)[C@]2(C(=O)CO)O1. The van der Waals surface area contributed by atoms with Gasteiger partial charge in [-0.3, -0.25) is 4.79 Å². The van der Waals surface area contributed by atoms with Gasteiger partial charge in [-0.05, 0) is 62.7 Å². The standard InChI is InChI=1S/C24H32FNO6/c1-21(2)31-19-9-14-13-8-16(25)15-7-12(26-30)5-6-22(15,3)20(13)17(28)10-23(14,4)24(19,32-21)18(29)11-27/h5-7,13-14,16-17,19-20,27-28,30H,8-11H2,1-4H3/b26-12+/t13-,14-,16-,17-,19+,20+,22-,23-,24+/m0/s1. The Kier molecular flexibility index (Phi) is 4.66. The predicted octanol–water partition coefficient (Wildman–Crippen LogP) is 2.54. The second-order valence-corrected chi connectivity index (χ2v) is 11.1. The highest BCUT2D eigenvalue weighted by Crippen LogP contribution is 2.70. The Balaban J connectivity index is 1.61. The van der Waals surface area contributed by atoms with E-state index in [-0.39, 0.29) is 30.6 Å². The second kappa shape index (κ2) is 6.72. The van der Waals surface area contributed by atoms with Crippen molar-refractivity contribution < 1.29 is 34.1 Å². The van der Waals surface area contributed by atoms with E-state index in [2.05, 4.69) is 5.16 Å². The number of hydrogen-bond donors (Lipinski definition) is 3.